The highest BCUT2D eigenvalue weighted by molar-refractivity contribution is 6.30. The van der Waals surface area contributed by atoms with E-state index in [-0.39, 0.29) is 0 Å². The lowest BCUT2D eigenvalue weighted by Gasteiger charge is -2.11. The van der Waals surface area contributed by atoms with Crippen molar-refractivity contribution in [3.05, 3.63) is 53.3 Å². The van der Waals surface area contributed by atoms with E-state index in [1.807, 2.05) is 0 Å². The molecule has 84 valence electrons. The molecule has 0 amide bonds. The fourth-order valence-corrected chi connectivity index (χ4v) is 1.56. The number of hydrogen-bond acceptors (Lipinski definition) is 0. The van der Waals surface area contributed by atoms with Gasteiger partial charge in [-0.15, -0.1) is 0 Å². The van der Waals surface area contributed by atoms with Crippen molar-refractivity contribution in [1.29, 1.82) is 0 Å². The minimum Gasteiger partial charge on any atom is -0.313 e. The van der Waals surface area contributed by atoms with Crippen molar-refractivity contribution in [2.75, 3.05) is 0 Å². The largest absolute Gasteiger partial charge is 0.431 e. The van der Waals surface area contributed by atoms with Crippen molar-refractivity contribution in [1.82, 2.24) is 4.57 Å². The molecule has 0 unspecified atom stereocenters. The Morgan fingerprint density at radius 2 is 1.62 bits per heavy atom. The van der Waals surface area contributed by atoms with E-state index < -0.39 is 11.9 Å². The minimum atomic E-state index is -4.36. The van der Waals surface area contributed by atoms with Crippen LogP contribution >= 0.6 is 11.6 Å². The molecule has 1 nitrogen and oxygen atoms in total. The zero-order valence-electron chi connectivity index (χ0n) is 8.00. The van der Waals surface area contributed by atoms with Gasteiger partial charge in [0.05, 0.1) is 0 Å². The van der Waals surface area contributed by atoms with Gasteiger partial charge in [0.1, 0.15) is 5.69 Å². The van der Waals surface area contributed by atoms with Gasteiger partial charge in [-0.1, -0.05) is 11.6 Å². The first-order valence-electron chi connectivity index (χ1n) is 4.49. The van der Waals surface area contributed by atoms with Crippen molar-refractivity contribution in [3.63, 3.8) is 0 Å². The maximum absolute atomic E-state index is 12.6. The number of aromatic nitrogens is 1. The summed E-state index contributed by atoms with van der Waals surface area (Å²) < 4.78 is 38.9. The molecule has 5 heteroatoms. The molecule has 0 fully saturated rings. The van der Waals surface area contributed by atoms with Gasteiger partial charge in [0, 0.05) is 16.9 Å². The number of benzene rings is 1. The summed E-state index contributed by atoms with van der Waals surface area (Å²) >= 11 is 5.67. The van der Waals surface area contributed by atoms with Gasteiger partial charge in [0.2, 0.25) is 0 Å². The average molecular weight is 246 g/mol. The van der Waals surface area contributed by atoms with Gasteiger partial charge in [0.15, 0.2) is 0 Å². The van der Waals surface area contributed by atoms with E-state index in [0.29, 0.717) is 10.7 Å². The van der Waals surface area contributed by atoms with Gasteiger partial charge < -0.3 is 4.57 Å². The van der Waals surface area contributed by atoms with Crippen molar-refractivity contribution < 1.29 is 13.2 Å². The third-order valence-corrected chi connectivity index (χ3v) is 2.40. The van der Waals surface area contributed by atoms with Gasteiger partial charge in [-0.05, 0) is 36.4 Å². The lowest BCUT2D eigenvalue weighted by Crippen LogP contribution is -2.11. The van der Waals surface area contributed by atoms with Crippen LogP contribution in [0.15, 0.2) is 42.6 Å². The molecule has 2 aromatic rings. The second-order valence-electron chi connectivity index (χ2n) is 3.24. The van der Waals surface area contributed by atoms with Gasteiger partial charge in [0.25, 0.3) is 0 Å². The van der Waals surface area contributed by atoms with Crippen LogP contribution in [0.5, 0.6) is 0 Å². The monoisotopic (exact) mass is 245 g/mol. The lowest BCUT2D eigenvalue weighted by molar-refractivity contribution is -0.142. The van der Waals surface area contributed by atoms with Crippen LogP contribution in [-0.2, 0) is 6.18 Å². The molecular formula is C11H7ClF3N. The average Bonchev–Trinajstić information content (AvgIpc) is 2.66. The summed E-state index contributed by atoms with van der Waals surface area (Å²) in [6, 6.07) is 8.58. The molecule has 1 aromatic carbocycles. The van der Waals surface area contributed by atoms with Crippen molar-refractivity contribution in [2.24, 2.45) is 0 Å². The van der Waals surface area contributed by atoms with E-state index in [0.717, 1.165) is 10.6 Å². The molecule has 1 aromatic heterocycles. The quantitative estimate of drug-likeness (QED) is 0.711. The minimum absolute atomic E-state index is 0.432. The van der Waals surface area contributed by atoms with Gasteiger partial charge in [-0.25, -0.2) is 0 Å². The van der Waals surface area contributed by atoms with Crippen LogP contribution in [0.4, 0.5) is 13.2 Å². The lowest BCUT2D eigenvalue weighted by atomic mass is 10.3. The van der Waals surface area contributed by atoms with Crippen LogP contribution in [0.2, 0.25) is 5.02 Å². The second kappa shape index (κ2) is 3.87. The van der Waals surface area contributed by atoms with E-state index in [9.17, 15) is 13.2 Å². The van der Waals surface area contributed by atoms with Gasteiger partial charge >= 0.3 is 6.18 Å². The third-order valence-electron chi connectivity index (χ3n) is 2.14. The van der Waals surface area contributed by atoms with Crippen LogP contribution in [0.1, 0.15) is 5.69 Å². The molecule has 1 heterocycles. The molecule has 0 atom stereocenters. The first-order chi connectivity index (χ1) is 7.48. The maximum Gasteiger partial charge on any atom is 0.431 e. The Bertz CT molecular complexity index is 485. The molecular weight excluding hydrogens is 239 g/mol. The number of nitrogens with zero attached hydrogens (tertiary/aromatic N) is 1. The zero-order chi connectivity index (χ0) is 11.8. The van der Waals surface area contributed by atoms with Crippen molar-refractivity contribution in [3.8, 4) is 5.69 Å². The van der Waals surface area contributed by atoms with Crippen molar-refractivity contribution >= 4 is 11.6 Å². The SMILES string of the molecule is FC(F)(F)c1cccn1-c1ccc(Cl)cc1. The maximum atomic E-state index is 12.6. The van der Waals surface area contributed by atoms with Crippen LogP contribution < -0.4 is 0 Å². The summed E-state index contributed by atoms with van der Waals surface area (Å²) in [5.41, 5.74) is -0.267. The van der Waals surface area contributed by atoms with E-state index in [4.69, 9.17) is 11.6 Å². The molecule has 0 bridgehead atoms. The van der Waals surface area contributed by atoms with Gasteiger partial charge in [-0.3, -0.25) is 0 Å². The summed E-state index contributed by atoms with van der Waals surface area (Å²) in [5, 5.41) is 0.490. The molecule has 16 heavy (non-hydrogen) atoms. The first kappa shape index (κ1) is 11.1. The highest BCUT2D eigenvalue weighted by Crippen LogP contribution is 2.31. The Labute approximate surface area is 95.1 Å². The van der Waals surface area contributed by atoms with Crippen LogP contribution in [-0.4, -0.2) is 4.57 Å². The number of hydrogen-bond donors (Lipinski definition) is 0. The Morgan fingerprint density at radius 3 is 2.19 bits per heavy atom. The van der Waals surface area contributed by atoms with E-state index in [1.54, 1.807) is 12.1 Å². The van der Waals surface area contributed by atoms with Crippen LogP contribution in [0.25, 0.3) is 5.69 Å². The molecule has 0 spiro atoms. The summed E-state index contributed by atoms with van der Waals surface area (Å²) in [5.74, 6) is 0. The molecule has 0 N–H and O–H groups in total. The number of alkyl halides is 3. The molecule has 0 aliphatic heterocycles. The standard InChI is InChI=1S/C11H7ClF3N/c12-8-3-5-9(6-4-8)16-7-1-2-10(16)11(13,14)15/h1-7H. The summed E-state index contributed by atoms with van der Waals surface area (Å²) in [4.78, 5) is 0. The molecule has 2 rings (SSSR count). The molecule has 0 aliphatic rings. The Balaban J connectivity index is 2.49. The fraction of sp³-hybridized carbons (Fsp3) is 0.0909. The highest BCUT2D eigenvalue weighted by Gasteiger charge is 2.34. The van der Waals surface area contributed by atoms with Crippen LogP contribution in [0.3, 0.4) is 0 Å². The molecule has 0 radical (unpaired) electrons. The zero-order valence-corrected chi connectivity index (χ0v) is 8.76. The first-order valence-corrected chi connectivity index (χ1v) is 4.87. The number of rotatable bonds is 1. The molecule has 0 saturated heterocycles. The molecule has 0 aliphatic carbocycles. The second-order valence-corrected chi connectivity index (χ2v) is 3.67. The summed E-state index contributed by atoms with van der Waals surface area (Å²) in [6.45, 7) is 0. The van der Waals surface area contributed by atoms with E-state index >= 15 is 0 Å². The van der Waals surface area contributed by atoms with E-state index in [1.165, 1.54) is 24.4 Å². The predicted octanol–water partition coefficient (Wildman–Crippen LogP) is 4.15. The summed E-state index contributed by atoms with van der Waals surface area (Å²) in [6.07, 6.45) is -2.99. The van der Waals surface area contributed by atoms with E-state index in [2.05, 4.69) is 0 Å². The predicted molar refractivity (Wildman–Crippen MR) is 55.8 cm³/mol. The summed E-state index contributed by atoms with van der Waals surface area (Å²) in [7, 11) is 0. The number of halogens is 4. The fourth-order valence-electron chi connectivity index (χ4n) is 1.44. The highest BCUT2D eigenvalue weighted by atomic mass is 35.5. The van der Waals surface area contributed by atoms with Gasteiger partial charge in [-0.2, -0.15) is 13.2 Å². The normalized spacial score (nSPS) is 11.8. The van der Waals surface area contributed by atoms with Crippen molar-refractivity contribution in [2.45, 2.75) is 6.18 Å². The Morgan fingerprint density at radius 1 is 1.00 bits per heavy atom. The smallest absolute Gasteiger partial charge is 0.313 e. The topological polar surface area (TPSA) is 4.93 Å². The Kier molecular flexibility index (Phi) is 2.68. The van der Waals surface area contributed by atoms with Crippen LogP contribution in [0, 0.1) is 0 Å². The third kappa shape index (κ3) is 2.07. The Hall–Kier alpha value is -1.42. The molecule has 0 saturated carbocycles.